The zero-order chi connectivity index (χ0) is 12.3. The van der Waals surface area contributed by atoms with Crippen molar-refractivity contribution in [3.8, 4) is 11.5 Å². The Morgan fingerprint density at radius 2 is 2.12 bits per heavy atom. The van der Waals surface area contributed by atoms with Crippen LogP contribution in [0.2, 0.25) is 10.0 Å². The molecule has 0 unspecified atom stereocenters. The molecule has 0 aromatic heterocycles. The van der Waals surface area contributed by atoms with Crippen LogP contribution in [0.15, 0.2) is 6.07 Å². The summed E-state index contributed by atoms with van der Waals surface area (Å²) >= 11 is 14.7. The number of phenols is 1. The third-order valence-corrected chi connectivity index (χ3v) is 2.66. The van der Waals surface area contributed by atoms with Crippen molar-refractivity contribution < 1.29 is 19.7 Å². The number of hydrogen-bond acceptors (Lipinski definition) is 3. The van der Waals surface area contributed by atoms with Gasteiger partial charge < -0.3 is 14.9 Å². The molecule has 1 aromatic carbocycles. The number of carbonyl (C=O) groups is 1. The molecule has 0 saturated heterocycles. The third-order valence-electron chi connectivity index (χ3n) is 1.70. The summed E-state index contributed by atoms with van der Waals surface area (Å²) in [6, 6.07) is 1.09. The maximum atomic E-state index is 10.7. The maximum Gasteiger partial charge on any atom is 0.339 e. The Morgan fingerprint density at radius 1 is 1.50 bits per heavy atom. The number of alkyl halides is 1. The molecule has 0 aliphatic carbocycles. The first-order valence-electron chi connectivity index (χ1n) is 4.12. The van der Waals surface area contributed by atoms with Gasteiger partial charge in [-0.05, 0) is 6.07 Å². The molecule has 88 valence electrons. The van der Waals surface area contributed by atoms with Crippen LogP contribution in [0.3, 0.4) is 0 Å². The van der Waals surface area contributed by atoms with E-state index in [0.29, 0.717) is 11.9 Å². The molecule has 0 bridgehead atoms. The number of benzene rings is 1. The number of hydrogen-bond donors (Lipinski definition) is 2. The maximum absolute atomic E-state index is 10.7. The van der Waals surface area contributed by atoms with Crippen LogP contribution in [0.1, 0.15) is 10.4 Å². The molecule has 0 aliphatic rings. The van der Waals surface area contributed by atoms with Crippen LogP contribution in [-0.2, 0) is 0 Å². The molecular formula is C9H7BrCl2O4. The number of carboxylic acids is 1. The first-order valence-corrected chi connectivity index (χ1v) is 5.99. The van der Waals surface area contributed by atoms with Gasteiger partial charge in [0.05, 0.1) is 11.6 Å². The molecular weight excluding hydrogens is 323 g/mol. The van der Waals surface area contributed by atoms with Gasteiger partial charge in [-0.1, -0.05) is 39.1 Å². The topological polar surface area (TPSA) is 66.8 Å². The molecule has 0 heterocycles. The SMILES string of the molecule is O=C(O)c1cc(Cl)c(OCCBr)c(Cl)c1O. The van der Waals surface area contributed by atoms with Gasteiger partial charge in [0.1, 0.15) is 10.6 Å². The summed E-state index contributed by atoms with van der Waals surface area (Å²) in [6.07, 6.45) is 0. The lowest BCUT2D eigenvalue weighted by atomic mass is 10.2. The Bertz CT molecular complexity index is 422. The van der Waals surface area contributed by atoms with Crippen LogP contribution in [-0.4, -0.2) is 28.1 Å². The van der Waals surface area contributed by atoms with Gasteiger partial charge in [0.15, 0.2) is 11.5 Å². The van der Waals surface area contributed by atoms with Crippen LogP contribution in [0, 0.1) is 0 Å². The molecule has 0 radical (unpaired) electrons. The zero-order valence-electron chi connectivity index (χ0n) is 7.84. The molecule has 1 rings (SSSR count). The molecule has 0 fully saturated rings. The highest BCUT2D eigenvalue weighted by atomic mass is 79.9. The lowest BCUT2D eigenvalue weighted by Crippen LogP contribution is -2.02. The monoisotopic (exact) mass is 328 g/mol. The van der Waals surface area contributed by atoms with Crippen molar-refractivity contribution in [1.29, 1.82) is 0 Å². The summed E-state index contributed by atoms with van der Waals surface area (Å²) in [6.45, 7) is 0.297. The second-order valence-corrected chi connectivity index (χ2v) is 4.32. The van der Waals surface area contributed by atoms with Crippen LogP contribution < -0.4 is 4.74 Å². The van der Waals surface area contributed by atoms with Crippen molar-refractivity contribution in [3.05, 3.63) is 21.7 Å². The van der Waals surface area contributed by atoms with Crippen molar-refractivity contribution in [2.45, 2.75) is 0 Å². The van der Waals surface area contributed by atoms with Gasteiger partial charge in [0.25, 0.3) is 0 Å². The van der Waals surface area contributed by atoms with Gasteiger partial charge in [-0.25, -0.2) is 4.79 Å². The predicted molar refractivity (Wildman–Crippen MR) is 64.4 cm³/mol. The quantitative estimate of drug-likeness (QED) is 0.833. The summed E-state index contributed by atoms with van der Waals surface area (Å²) in [7, 11) is 0. The highest BCUT2D eigenvalue weighted by molar-refractivity contribution is 9.09. The largest absolute Gasteiger partial charge is 0.505 e. The molecule has 7 heteroatoms. The van der Waals surface area contributed by atoms with E-state index in [1.807, 2.05) is 0 Å². The molecule has 0 saturated carbocycles. The van der Waals surface area contributed by atoms with Gasteiger partial charge in [-0.3, -0.25) is 0 Å². The Morgan fingerprint density at radius 3 is 2.62 bits per heavy atom. The molecule has 0 spiro atoms. The van der Waals surface area contributed by atoms with Gasteiger partial charge >= 0.3 is 5.97 Å². The standard InChI is InChI=1S/C9H7BrCl2O4/c10-1-2-16-8-5(11)3-4(9(14)15)7(13)6(8)12/h3,13H,1-2H2,(H,14,15). The van der Waals surface area contributed by atoms with Crippen molar-refractivity contribution in [1.82, 2.24) is 0 Å². The lowest BCUT2D eigenvalue weighted by molar-refractivity contribution is 0.0693. The molecule has 0 aliphatic heterocycles. The molecule has 1 aromatic rings. The summed E-state index contributed by atoms with van der Waals surface area (Å²) in [4.78, 5) is 10.7. The van der Waals surface area contributed by atoms with E-state index >= 15 is 0 Å². The van der Waals surface area contributed by atoms with Crippen LogP contribution in [0.5, 0.6) is 11.5 Å². The van der Waals surface area contributed by atoms with E-state index in [9.17, 15) is 9.90 Å². The summed E-state index contributed by atoms with van der Waals surface area (Å²) < 4.78 is 5.17. The fraction of sp³-hybridized carbons (Fsp3) is 0.222. The van der Waals surface area contributed by atoms with E-state index in [-0.39, 0.29) is 21.4 Å². The predicted octanol–water partition coefficient (Wildman–Crippen LogP) is 3.17. The minimum absolute atomic E-state index is 0.0427. The Kier molecular flexibility index (Phi) is 4.70. The van der Waals surface area contributed by atoms with E-state index in [2.05, 4.69) is 15.9 Å². The molecule has 16 heavy (non-hydrogen) atoms. The second kappa shape index (κ2) is 5.61. The first-order chi connectivity index (χ1) is 7.49. The van der Waals surface area contributed by atoms with Crippen molar-refractivity contribution >= 4 is 45.1 Å². The van der Waals surface area contributed by atoms with Crippen molar-refractivity contribution in [2.75, 3.05) is 11.9 Å². The second-order valence-electron chi connectivity index (χ2n) is 2.74. The summed E-state index contributed by atoms with van der Waals surface area (Å²) in [5.41, 5.74) is -0.360. The minimum Gasteiger partial charge on any atom is -0.505 e. The first kappa shape index (κ1) is 13.4. The van der Waals surface area contributed by atoms with E-state index in [1.54, 1.807) is 0 Å². The fourth-order valence-corrected chi connectivity index (χ4v) is 1.75. The number of aromatic hydroxyl groups is 1. The lowest BCUT2D eigenvalue weighted by Gasteiger charge is -2.11. The average molecular weight is 330 g/mol. The Balaban J connectivity index is 3.23. The van der Waals surface area contributed by atoms with E-state index in [4.69, 9.17) is 33.0 Å². The summed E-state index contributed by atoms with van der Waals surface area (Å²) in [5.74, 6) is -1.79. The Labute approximate surface area is 110 Å². The highest BCUT2D eigenvalue weighted by Crippen LogP contribution is 2.41. The number of rotatable bonds is 4. The van der Waals surface area contributed by atoms with Gasteiger partial charge in [-0.2, -0.15) is 0 Å². The minimum atomic E-state index is -1.31. The van der Waals surface area contributed by atoms with Gasteiger partial charge in [0.2, 0.25) is 0 Å². The van der Waals surface area contributed by atoms with Gasteiger partial charge in [0, 0.05) is 5.33 Å². The summed E-state index contributed by atoms with van der Waals surface area (Å²) in [5, 5.41) is 18.7. The smallest absolute Gasteiger partial charge is 0.339 e. The van der Waals surface area contributed by atoms with Crippen molar-refractivity contribution in [3.63, 3.8) is 0 Å². The molecule has 2 N–H and O–H groups in total. The van der Waals surface area contributed by atoms with Crippen LogP contribution in [0.25, 0.3) is 0 Å². The number of ether oxygens (including phenoxy) is 1. The Hall–Kier alpha value is -0.650. The number of halogens is 3. The van der Waals surface area contributed by atoms with Crippen molar-refractivity contribution in [2.24, 2.45) is 0 Å². The highest BCUT2D eigenvalue weighted by Gasteiger charge is 2.20. The molecule has 0 atom stereocenters. The molecule has 0 amide bonds. The zero-order valence-corrected chi connectivity index (χ0v) is 10.9. The van der Waals surface area contributed by atoms with E-state index in [0.717, 1.165) is 6.07 Å². The third kappa shape index (κ3) is 2.72. The molecule has 4 nitrogen and oxygen atoms in total. The fourth-order valence-electron chi connectivity index (χ4n) is 1.03. The average Bonchev–Trinajstić information content (AvgIpc) is 2.23. The van der Waals surface area contributed by atoms with Crippen LogP contribution in [0.4, 0.5) is 0 Å². The number of aromatic carboxylic acids is 1. The van der Waals surface area contributed by atoms with Gasteiger partial charge in [-0.15, -0.1) is 0 Å². The van der Waals surface area contributed by atoms with E-state index in [1.165, 1.54) is 0 Å². The normalized spacial score (nSPS) is 10.2. The number of carboxylic acid groups (broad SMARTS) is 1. The van der Waals surface area contributed by atoms with Crippen LogP contribution >= 0.6 is 39.1 Å². The van der Waals surface area contributed by atoms with E-state index < -0.39 is 11.7 Å².